The maximum Gasteiger partial charge on any atom is 0.305 e. The summed E-state index contributed by atoms with van der Waals surface area (Å²) in [4.78, 5) is 22.8. The topological polar surface area (TPSA) is 110 Å². The van der Waals surface area contributed by atoms with Crippen molar-refractivity contribution in [3.05, 3.63) is 63.7 Å². The number of methoxy groups -OCH3 is 1. The monoisotopic (exact) mass is 479 g/mol. The van der Waals surface area contributed by atoms with Crippen molar-refractivity contribution < 1.29 is 27.9 Å². The third-order valence-corrected chi connectivity index (χ3v) is 7.39. The summed E-state index contributed by atoms with van der Waals surface area (Å²) in [7, 11) is -2.35. The minimum atomic E-state index is -3.69. The van der Waals surface area contributed by atoms with E-state index >= 15 is 0 Å². The van der Waals surface area contributed by atoms with Crippen molar-refractivity contribution in [3.63, 3.8) is 0 Å². The van der Waals surface area contributed by atoms with Crippen LogP contribution < -0.4 is 4.72 Å². The molecule has 0 aliphatic heterocycles. The van der Waals surface area contributed by atoms with Gasteiger partial charge in [-0.1, -0.05) is 23.7 Å². The van der Waals surface area contributed by atoms with Gasteiger partial charge in [-0.05, 0) is 78.6 Å². The molecule has 3 rings (SSSR count). The van der Waals surface area contributed by atoms with E-state index in [1.54, 1.807) is 0 Å². The number of hydrogen-bond acceptors (Lipinski definition) is 5. The van der Waals surface area contributed by atoms with E-state index in [0.29, 0.717) is 37.1 Å². The SMILES string of the molecule is COC(=O)CCc1cc(CCC(=O)O)cc2c1CCC(NS(=O)(=O)c1ccc(Cl)cc1)C2. The molecular formula is C23H26ClNO6S. The van der Waals surface area contributed by atoms with E-state index in [2.05, 4.69) is 4.72 Å². The predicted octanol–water partition coefficient (Wildman–Crippen LogP) is 3.30. The van der Waals surface area contributed by atoms with E-state index in [1.165, 1.54) is 31.4 Å². The Balaban J connectivity index is 1.82. The number of ether oxygens (including phenoxy) is 1. The molecule has 0 spiro atoms. The highest BCUT2D eigenvalue weighted by Gasteiger charge is 2.26. The Hall–Kier alpha value is -2.42. The third-order valence-electron chi connectivity index (χ3n) is 5.60. The van der Waals surface area contributed by atoms with Crippen molar-refractivity contribution >= 4 is 33.6 Å². The fourth-order valence-electron chi connectivity index (χ4n) is 4.02. The first-order valence-electron chi connectivity index (χ1n) is 10.4. The van der Waals surface area contributed by atoms with Crippen molar-refractivity contribution in [3.8, 4) is 0 Å². The lowest BCUT2D eigenvalue weighted by molar-refractivity contribution is -0.140. The van der Waals surface area contributed by atoms with Gasteiger partial charge in [0.2, 0.25) is 10.0 Å². The Morgan fingerprint density at radius 2 is 1.88 bits per heavy atom. The molecule has 0 bridgehead atoms. The van der Waals surface area contributed by atoms with Crippen molar-refractivity contribution in [1.29, 1.82) is 0 Å². The molecule has 172 valence electrons. The number of carboxylic acids is 1. The normalized spacial score (nSPS) is 15.8. The molecule has 2 aromatic rings. The summed E-state index contributed by atoms with van der Waals surface area (Å²) in [5.74, 6) is -1.19. The molecule has 32 heavy (non-hydrogen) atoms. The number of carbonyl (C=O) groups is 2. The molecular weight excluding hydrogens is 454 g/mol. The standard InChI is InChI=1S/C23H26ClNO6S/c1-31-23(28)11-3-16-12-15(2-10-22(26)27)13-17-14-19(6-9-21(16)17)25-32(29,30)20-7-4-18(24)5-8-20/h4-5,7-8,12-13,19,25H,2-3,6,9-11,14H2,1H3,(H,26,27). The second kappa shape index (κ2) is 10.5. The second-order valence-corrected chi connectivity index (χ2v) is 10.0. The molecule has 0 fully saturated rings. The van der Waals surface area contributed by atoms with Gasteiger partial charge in [-0.25, -0.2) is 13.1 Å². The number of nitrogens with one attached hydrogen (secondary N) is 1. The number of esters is 1. The molecule has 0 radical (unpaired) electrons. The van der Waals surface area contributed by atoms with Crippen LogP contribution in [0.1, 0.15) is 41.5 Å². The number of benzene rings is 2. The van der Waals surface area contributed by atoms with Crippen LogP contribution in [0.25, 0.3) is 0 Å². The zero-order chi connectivity index (χ0) is 23.3. The number of rotatable bonds is 9. The van der Waals surface area contributed by atoms with Crippen LogP contribution in [-0.2, 0) is 50.0 Å². The summed E-state index contributed by atoms with van der Waals surface area (Å²) in [6.07, 6.45) is 2.89. The Labute approximate surface area is 192 Å². The zero-order valence-corrected chi connectivity index (χ0v) is 19.3. The van der Waals surface area contributed by atoms with Crippen LogP contribution in [0, 0.1) is 0 Å². The Morgan fingerprint density at radius 3 is 2.53 bits per heavy atom. The van der Waals surface area contributed by atoms with E-state index in [-0.39, 0.29) is 29.7 Å². The van der Waals surface area contributed by atoms with Gasteiger partial charge in [0.05, 0.1) is 12.0 Å². The van der Waals surface area contributed by atoms with Crippen LogP contribution in [0.2, 0.25) is 5.02 Å². The van der Waals surface area contributed by atoms with Crippen molar-refractivity contribution in [2.24, 2.45) is 0 Å². The summed E-state index contributed by atoms with van der Waals surface area (Å²) in [6, 6.07) is 9.65. The molecule has 0 amide bonds. The van der Waals surface area contributed by atoms with Crippen molar-refractivity contribution in [2.45, 2.75) is 55.9 Å². The lowest BCUT2D eigenvalue weighted by Crippen LogP contribution is -2.39. The van der Waals surface area contributed by atoms with Crippen molar-refractivity contribution in [2.75, 3.05) is 7.11 Å². The number of fused-ring (bicyclic) bond motifs is 1. The fourth-order valence-corrected chi connectivity index (χ4v) is 5.41. The molecule has 7 nitrogen and oxygen atoms in total. The van der Waals surface area contributed by atoms with Gasteiger partial charge in [0, 0.05) is 23.9 Å². The van der Waals surface area contributed by atoms with Gasteiger partial charge in [-0.3, -0.25) is 9.59 Å². The summed E-state index contributed by atoms with van der Waals surface area (Å²) >= 11 is 5.86. The number of halogens is 1. The van der Waals surface area contributed by atoms with E-state index in [1.807, 2.05) is 12.1 Å². The molecule has 1 unspecified atom stereocenters. The Morgan fingerprint density at radius 1 is 1.16 bits per heavy atom. The highest BCUT2D eigenvalue weighted by Crippen LogP contribution is 2.29. The first-order valence-corrected chi connectivity index (χ1v) is 12.2. The average Bonchev–Trinajstić information content (AvgIpc) is 2.75. The second-order valence-electron chi connectivity index (χ2n) is 7.88. The minimum Gasteiger partial charge on any atom is -0.481 e. The smallest absolute Gasteiger partial charge is 0.305 e. The number of aryl methyl sites for hydroxylation is 2. The first-order chi connectivity index (χ1) is 15.2. The number of sulfonamides is 1. The maximum atomic E-state index is 12.8. The van der Waals surface area contributed by atoms with E-state index in [4.69, 9.17) is 21.4 Å². The molecule has 1 aliphatic carbocycles. The van der Waals surface area contributed by atoms with Crippen LogP contribution in [0.4, 0.5) is 0 Å². The summed E-state index contributed by atoms with van der Waals surface area (Å²) in [5.41, 5.74) is 3.96. The Kier molecular flexibility index (Phi) is 7.92. The lowest BCUT2D eigenvalue weighted by Gasteiger charge is -2.28. The summed E-state index contributed by atoms with van der Waals surface area (Å²) < 4.78 is 33.1. The maximum absolute atomic E-state index is 12.8. The van der Waals surface area contributed by atoms with Crippen LogP contribution in [0.3, 0.4) is 0 Å². The van der Waals surface area contributed by atoms with Crippen LogP contribution in [0.5, 0.6) is 0 Å². The molecule has 0 saturated heterocycles. The van der Waals surface area contributed by atoms with Gasteiger partial charge in [0.15, 0.2) is 0 Å². The van der Waals surface area contributed by atoms with Crippen LogP contribution in [0.15, 0.2) is 41.3 Å². The van der Waals surface area contributed by atoms with Gasteiger partial charge in [-0.15, -0.1) is 0 Å². The number of carboxylic acid groups (broad SMARTS) is 1. The van der Waals surface area contributed by atoms with Crippen molar-refractivity contribution in [1.82, 2.24) is 4.72 Å². The van der Waals surface area contributed by atoms with Gasteiger partial charge in [0.25, 0.3) is 0 Å². The van der Waals surface area contributed by atoms with Crippen LogP contribution in [-0.4, -0.2) is 38.6 Å². The molecule has 0 heterocycles. The Bertz CT molecular complexity index is 1100. The quantitative estimate of drug-likeness (QED) is 0.534. The zero-order valence-electron chi connectivity index (χ0n) is 17.8. The molecule has 9 heteroatoms. The third kappa shape index (κ3) is 6.31. The molecule has 2 N–H and O–H groups in total. The summed E-state index contributed by atoms with van der Waals surface area (Å²) in [6.45, 7) is 0. The highest BCUT2D eigenvalue weighted by atomic mass is 35.5. The van der Waals surface area contributed by atoms with E-state index < -0.39 is 16.0 Å². The van der Waals surface area contributed by atoms with Crippen LogP contribution >= 0.6 is 11.6 Å². The molecule has 1 atom stereocenters. The highest BCUT2D eigenvalue weighted by molar-refractivity contribution is 7.89. The molecule has 0 saturated carbocycles. The largest absolute Gasteiger partial charge is 0.481 e. The molecule has 1 aliphatic rings. The van der Waals surface area contributed by atoms with Gasteiger partial charge in [0.1, 0.15) is 0 Å². The number of carbonyl (C=O) groups excluding carboxylic acids is 1. The predicted molar refractivity (Wildman–Crippen MR) is 120 cm³/mol. The lowest BCUT2D eigenvalue weighted by atomic mass is 9.83. The van der Waals surface area contributed by atoms with E-state index in [9.17, 15) is 18.0 Å². The molecule has 2 aromatic carbocycles. The number of aliphatic carboxylic acids is 1. The average molecular weight is 480 g/mol. The minimum absolute atomic E-state index is 0.00184. The first kappa shape index (κ1) is 24.2. The molecule has 0 aromatic heterocycles. The van der Waals surface area contributed by atoms with E-state index in [0.717, 1.165) is 22.3 Å². The van der Waals surface area contributed by atoms with Gasteiger partial charge >= 0.3 is 11.9 Å². The van der Waals surface area contributed by atoms with Gasteiger partial charge < -0.3 is 9.84 Å². The van der Waals surface area contributed by atoms with Gasteiger partial charge in [-0.2, -0.15) is 0 Å². The fraction of sp³-hybridized carbons (Fsp3) is 0.391. The summed E-state index contributed by atoms with van der Waals surface area (Å²) in [5, 5.41) is 9.50. The number of hydrogen-bond donors (Lipinski definition) is 2.